The Balaban J connectivity index is 1.52. The standard InChI is InChI=1S/C16H24ClN3O2/c17-12-4-9-15(19-11-12)18-10-2-1-3-16(22)20-13-5-7-14(21)8-6-13/h4,9,11,13-14,21H,1-3,5-8,10H2,(H,18,19)(H,20,22). The van der Waals surface area contributed by atoms with Crippen LogP contribution in [0.5, 0.6) is 0 Å². The summed E-state index contributed by atoms with van der Waals surface area (Å²) in [5.41, 5.74) is 0. The molecule has 22 heavy (non-hydrogen) atoms. The summed E-state index contributed by atoms with van der Waals surface area (Å²) >= 11 is 5.77. The van der Waals surface area contributed by atoms with Gasteiger partial charge in [0.15, 0.2) is 0 Å². The molecule has 1 aromatic heterocycles. The fraction of sp³-hybridized carbons (Fsp3) is 0.625. The summed E-state index contributed by atoms with van der Waals surface area (Å²) in [4.78, 5) is 16.0. The van der Waals surface area contributed by atoms with Crippen molar-refractivity contribution in [2.24, 2.45) is 0 Å². The molecule has 0 aliphatic heterocycles. The van der Waals surface area contributed by atoms with Gasteiger partial charge in [-0.05, 0) is 50.7 Å². The first kappa shape index (κ1) is 17.0. The Labute approximate surface area is 136 Å². The molecular formula is C16H24ClN3O2. The zero-order valence-corrected chi connectivity index (χ0v) is 13.5. The molecule has 0 aromatic carbocycles. The Morgan fingerprint density at radius 2 is 2.05 bits per heavy atom. The third-order valence-electron chi connectivity index (χ3n) is 3.93. The average Bonchev–Trinajstić information content (AvgIpc) is 2.51. The van der Waals surface area contributed by atoms with E-state index in [1.54, 1.807) is 12.3 Å². The molecule has 122 valence electrons. The van der Waals surface area contributed by atoms with Crippen LogP contribution in [0.1, 0.15) is 44.9 Å². The van der Waals surface area contributed by atoms with Crippen LogP contribution in [0.15, 0.2) is 18.3 Å². The van der Waals surface area contributed by atoms with Crippen molar-refractivity contribution >= 4 is 23.3 Å². The molecule has 1 aliphatic rings. The van der Waals surface area contributed by atoms with E-state index in [1.165, 1.54) is 0 Å². The first-order valence-electron chi connectivity index (χ1n) is 7.96. The smallest absolute Gasteiger partial charge is 0.220 e. The van der Waals surface area contributed by atoms with E-state index < -0.39 is 0 Å². The van der Waals surface area contributed by atoms with Crippen LogP contribution < -0.4 is 10.6 Å². The second kappa shape index (κ2) is 8.96. The number of hydrogen-bond donors (Lipinski definition) is 3. The van der Waals surface area contributed by atoms with Crippen molar-refractivity contribution in [3.05, 3.63) is 23.4 Å². The molecule has 2 rings (SSSR count). The van der Waals surface area contributed by atoms with Crippen LogP contribution in [0.2, 0.25) is 5.02 Å². The van der Waals surface area contributed by atoms with E-state index in [1.807, 2.05) is 6.07 Å². The highest BCUT2D eigenvalue weighted by Gasteiger charge is 2.20. The number of hydrogen-bond acceptors (Lipinski definition) is 4. The number of unbranched alkanes of at least 4 members (excludes halogenated alkanes) is 1. The second-order valence-electron chi connectivity index (χ2n) is 5.82. The zero-order chi connectivity index (χ0) is 15.8. The van der Waals surface area contributed by atoms with Crippen molar-refractivity contribution < 1.29 is 9.90 Å². The Bertz CT molecular complexity index is 459. The number of carbonyl (C=O) groups excluding carboxylic acids is 1. The number of anilines is 1. The van der Waals surface area contributed by atoms with Gasteiger partial charge >= 0.3 is 0 Å². The molecule has 1 amide bonds. The zero-order valence-electron chi connectivity index (χ0n) is 12.7. The topological polar surface area (TPSA) is 74.2 Å². The van der Waals surface area contributed by atoms with Crippen molar-refractivity contribution in [1.82, 2.24) is 10.3 Å². The summed E-state index contributed by atoms with van der Waals surface area (Å²) < 4.78 is 0. The van der Waals surface area contributed by atoms with E-state index in [9.17, 15) is 9.90 Å². The lowest BCUT2D eigenvalue weighted by atomic mass is 9.93. The van der Waals surface area contributed by atoms with Crippen LogP contribution in [0.3, 0.4) is 0 Å². The van der Waals surface area contributed by atoms with Gasteiger partial charge in [0, 0.05) is 25.2 Å². The molecule has 1 saturated carbocycles. The highest BCUT2D eigenvalue weighted by Crippen LogP contribution is 2.18. The molecule has 6 heteroatoms. The first-order chi connectivity index (χ1) is 10.6. The van der Waals surface area contributed by atoms with Crippen LogP contribution in [0, 0.1) is 0 Å². The third-order valence-corrected chi connectivity index (χ3v) is 4.15. The molecule has 1 aromatic rings. The average molecular weight is 326 g/mol. The predicted octanol–water partition coefficient (Wildman–Crippen LogP) is 2.74. The van der Waals surface area contributed by atoms with Crippen molar-refractivity contribution in [1.29, 1.82) is 0 Å². The van der Waals surface area contributed by atoms with Crippen LogP contribution in [0.25, 0.3) is 0 Å². The number of aliphatic hydroxyl groups is 1. The van der Waals surface area contributed by atoms with Crippen molar-refractivity contribution in [2.75, 3.05) is 11.9 Å². The predicted molar refractivity (Wildman–Crippen MR) is 88.0 cm³/mol. The maximum atomic E-state index is 11.8. The Kier molecular flexibility index (Phi) is 6.93. The number of pyridine rings is 1. The summed E-state index contributed by atoms with van der Waals surface area (Å²) in [5.74, 6) is 0.917. The van der Waals surface area contributed by atoms with Gasteiger partial charge in [0.2, 0.25) is 5.91 Å². The second-order valence-corrected chi connectivity index (χ2v) is 6.25. The van der Waals surface area contributed by atoms with E-state index in [4.69, 9.17) is 11.6 Å². The molecule has 0 atom stereocenters. The lowest BCUT2D eigenvalue weighted by Crippen LogP contribution is -2.38. The van der Waals surface area contributed by atoms with E-state index in [0.717, 1.165) is 50.9 Å². The number of halogens is 1. The molecule has 0 bridgehead atoms. The molecule has 3 N–H and O–H groups in total. The number of nitrogens with zero attached hydrogens (tertiary/aromatic N) is 1. The largest absolute Gasteiger partial charge is 0.393 e. The van der Waals surface area contributed by atoms with Crippen molar-refractivity contribution in [2.45, 2.75) is 57.1 Å². The lowest BCUT2D eigenvalue weighted by Gasteiger charge is -2.26. The van der Waals surface area contributed by atoms with Gasteiger partial charge < -0.3 is 15.7 Å². The minimum absolute atomic E-state index is 0.117. The summed E-state index contributed by atoms with van der Waals surface area (Å²) in [5, 5.41) is 16.3. The molecule has 0 unspecified atom stereocenters. The highest BCUT2D eigenvalue weighted by molar-refractivity contribution is 6.30. The molecule has 1 heterocycles. The number of aromatic nitrogens is 1. The van der Waals surface area contributed by atoms with Gasteiger partial charge in [-0.15, -0.1) is 0 Å². The van der Waals surface area contributed by atoms with Gasteiger partial charge in [0.25, 0.3) is 0 Å². The van der Waals surface area contributed by atoms with E-state index in [-0.39, 0.29) is 18.1 Å². The van der Waals surface area contributed by atoms with Crippen LogP contribution in [-0.4, -0.2) is 34.7 Å². The number of amides is 1. The van der Waals surface area contributed by atoms with Gasteiger partial charge in [-0.2, -0.15) is 0 Å². The summed E-state index contributed by atoms with van der Waals surface area (Å²) in [6.07, 6.45) is 7.11. The van der Waals surface area contributed by atoms with Gasteiger partial charge in [-0.25, -0.2) is 4.98 Å². The number of nitrogens with one attached hydrogen (secondary N) is 2. The molecule has 0 spiro atoms. The SMILES string of the molecule is O=C(CCCCNc1ccc(Cl)cn1)NC1CCC(O)CC1. The maximum absolute atomic E-state index is 11.8. The van der Waals surface area contributed by atoms with Gasteiger partial charge in [-0.3, -0.25) is 4.79 Å². The van der Waals surface area contributed by atoms with E-state index in [2.05, 4.69) is 15.6 Å². The fourth-order valence-electron chi connectivity index (χ4n) is 2.63. The monoisotopic (exact) mass is 325 g/mol. The molecule has 1 fully saturated rings. The van der Waals surface area contributed by atoms with Gasteiger partial charge in [-0.1, -0.05) is 11.6 Å². The molecule has 0 saturated heterocycles. The minimum atomic E-state index is -0.180. The minimum Gasteiger partial charge on any atom is -0.393 e. The molecule has 5 nitrogen and oxygen atoms in total. The Hall–Kier alpha value is -1.33. The quantitative estimate of drug-likeness (QED) is 0.674. The highest BCUT2D eigenvalue weighted by atomic mass is 35.5. The molecular weight excluding hydrogens is 302 g/mol. The third kappa shape index (κ3) is 6.20. The first-order valence-corrected chi connectivity index (χ1v) is 8.34. The molecule has 0 radical (unpaired) electrons. The van der Waals surface area contributed by atoms with Crippen LogP contribution in [0.4, 0.5) is 5.82 Å². The molecule has 1 aliphatic carbocycles. The number of carbonyl (C=O) groups is 1. The summed E-state index contributed by atoms with van der Waals surface area (Å²) in [6.45, 7) is 0.789. The number of rotatable bonds is 7. The van der Waals surface area contributed by atoms with Crippen LogP contribution >= 0.6 is 11.6 Å². The Morgan fingerprint density at radius 1 is 1.27 bits per heavy atom. The van der Waals surface area contributed by atoms with Gasteiger partial charge in [0.05, 0.1) is 11.1 Å². The van der Waals surface area contributed by atoms with Crippen LogP contribution in [-0.2, 0) is 4.79 Å². The van der Waals surface area contributed by atoms with Crippen molar-refractivity contribution in [3.63, 3.8) is 0 Å². The fourth-order valence-corrected chi connectivity index (χ4v) is 2.74. The normalized spacial score (nSPS) is 21.4. The lowest BCUT2D eigenvalue weighted by molar-refractivity contribution is -0.122. The summed E-state index contributed by atoms with van der Waals surface area (Å²) in [6, 6.07) is 3.88. The summed E-state index contributed by atoms with van der Waals surface area (Å²) in [7, 11) is 0. The Morgan fingerprint density at radius 3 is 2.73 bits per heavy atom. The van der Waals surface area contributed by atoms with E-state index in [0.29, 0.717) is 11.4 Å². The maximum Gasteiger partial charge on any atom is 0.220 e. The van der Waals surface area contributed by atoms with Crippen molar-refractivity contribution in [3.8, 4) is 0 Å². The van der Waals surface area contributed by atoms with E-state index >= 15 is 0 Å². The number of aliphatic hydroxyl groups excluding tert-OH is 1. The van der Waals surface area contributed by atoms with Gasteiger partial charge in [0.1, 0.15) is 5.82 Å².